The summed E-state index contributed by atoms with van der Waals surface area (Å²) in [5, 5.41) is 0. The second-order valence-electron chi connectivity index (χ2n) is 8.06. The van der Waals surface area contributed by atoms with E-state index in [4.69, 9.17) is 0 Å². The van der Waals surface area contributed by atoms with Gasteiger partial charge in [0.25, 0.3) is 0 Å². The van der Waals surface area contributed by atoms with E-state index < -0.39 is 10.3 Å². The van der Waals surface area contributed by atoms with Gasteiger partial charge < -0.3 is 0 Å². The number of hydrogen-bond acceptors (Lipinski definition) is 2. The normalized spacial score (nSPS) is 28.1. The van der Waals surface area contributed by atoms with Crippen LogP contribution in [0.3, 0.4) is 0 Å². The maximum atomic E-state index is 12.5. The van der Waals surface area contributed by atoms with Gasteiger partial charge in [0, 0.05) is 11.6 Å². The number of hydrogen-bond donors (Lipinski definition) is 1. The smallest absolute Gasteiger partial charge is 0.273 e. The maximum Gasteiger partial charge on any atom is 0.336 e. The van der Waals surface area contributed by atoms with E-state index in [-0.39, 0.29) is 11.6 Å². The molecule has 3 rings (SSSR count). The average Bonchev–Trinajstić information content (AvgIpc) is 2.56. The molecule has 0 radical (unpaired) electrons. The highest BCUT2D eigenvalue weighted by Crippen LogP contribution is 2.48. The largest absolute Gasteiger partial charge is 0.336 e. The summed E-state index contributed by atoms with van der Waals surface area (Å²) < 4.78 is 36.7. The Labute approximate surface area is 141 Å². The third-order valence-corrected chi connectivity index (χ3v) is 7.84. The van der Waals surface area contributed by atoms with Crippen LogP contribution in [0.2, 0.25) is 0 Å². The standard InChI is InChI=1S/C18H33NO3S/c20-23(21,22)19(17-12-6-2-7-13-17)18(14-8-3-9-15-18)16-10-4-1-5-11-16/h16-17H,1-15H2,(H,20,21,22). The van der Waals surface area contributed by atoms with E-state index in [2.05, 4.69) is 0 Å². The molecule has 4 nitrogen and oxygen atoms in total. The summed E-state index contributed by atoms with van der Waals surface area (Å²) in [7, 11) is -4.14. The van der Waals surface area contributed by atoms with E-state index in [0.717, 1.165) is 64.2 Å². The van der Waals surface area contributed by atoms with Crippen molar-refractivity contribution in [3.8, 4) is 0 Å². The molecule has 0 heterocycles. The predicted octanol–water partition coefficient (Wildman–Crippen LogP) is 4.71. The van der Waals surface area contributed by atoms with Gasteiger partial charge in [-0.15, -0.1) is 0 Å². The van der Waals surface area contributed by atoms with Crippen LogP contribution in [-0.2, 0) is 10.3 Å². The van der Waals surface area contributed by atoms with E-state index >= 15 is 0 Å². The molecule has 0 aromatic carbocycles. The minimum atomic E-state index is -4.14. The molecule has 0 unspecified atom stereocenters. The molecule has 5 heteroatoms. The van der Waals surface area contributed by atoms with E-state index in [1.165, 1.54) is 32.1 Å². The first-order chi connectivity index (χ1) is 11.0. The molecule has 1 N–H and O–H groups in total. The lowest BCUT2D eigenvalue weighted by molar-refractivity contribution is 0.00319. The number of rotatable bonds is 4. The van der Waals surface area contributed by atoms with E-state index in [1.54, 1.807) is 4.31 Å². The Kier molecular flexibility index (Phi) is 5.69. The van der Waals surface area contributed by atoms with Gasteiger partial charge in [0.05, 0.1) is 0 Å². The molecular formula is C18H33NO3S. The first kappa shape index (κ1) is 17.7. The van der Waals surface area contributed by atoms with Crippen molar-refractivity contribution in [1.82, 2.24) is 4.31 Å². The van der Waals surface area contributed by atoms with Crippen molar-refractivity contribution < 1.29 is 13.0 Å². The fourth-order valence-corrected chi connectivity index (χ4v) is 7.09. The van der Waals surface area contributed by atoms with E-state index in [1.807, 2.05) is 0 Å². The maximum absolute atomic E-state index is 12.5. The third-order valence-electron chi connectivity index (χ3n) is 6.68. The van der Waals surface area contributed by atoms with Gasteiger partial charge in [0.1, 0.15) is 0 Å². The van der Waals surface area contributed by atoms with Gasteiger partial charge >= 0.3 is 10.3 Å². The van der Waals surface area contributed by atoms with Gasteiger partial charge in [-0.2, -0.15) is 12.7 Å². The first-order valence-corrected chi connectivity index (χ1v) is 11.2. The molecule has 0 aromatic heterocycles. The van der Waals surface area contributed by atoms with Gasteiger partial charge in [-0.3, -0.25) is 4.55 Å². The predicted molar refractivity (Wildman–Crippen MR) is 92.7 cm³/mol. The van der Waals surface area contributed by atoms with Crippen molar-refractivity contribution in [2.24, 2.45) is 5.92 Å². The zero-order valence-corrected chi connectivity index (χ0v) is 15.2. The first-order valence-electron chi connectivity index (χ1n) is 9.81. The Bertz CT molecular complexity index is 472. The molecule has 0 spiro atoms. The molecule has 0 atom stereocenters. The molecule has 23 heavy (non-hydrogen) atoms. The van der Waals surface area contributed by atoms with Crippen molar-refractivity contribution in [3.05, 3.63) is 0 Å². The molecule has 0 amide bonds. The molecule has 3 aliphatic rings. The van der Waals surface area contributed by atoms with Gasteiger partial charge in [0.15, 0.2) is 0 Å². The summed E-state index contributed by atoms with van der Waals surface area (Å²) in [4.78, 5) is 0. The topological polar surface area (TPSA) is 57.6 Å². The Balaban J connectivity index is 1.96. The Morgan fingerprint density at radius 2 is 1.22 bits per heavy atom. The van der Waals surface area contributed by atoms with Crippen molar-refractivity contribution >= 4 is 10.3 Å². The van der Waals surface area contributed by atoms with Crippen LogP contribution in [0.4, 0.5) is 0 Å². The van der Waals surface area contributed by atoms with Crippen LogP contribution in [0, 0.1) is 5.92 Å². The van der Waals surface area contributed by atoms with Crippen LogP contribution in [0.15, 0.2) is 0 Å². The van der Waals surface area contributed by atoms with Gasteiger partial charge in [-0.25, -0.2) is 0 Å². The fraction of sp³-hybridized carbons (Fsp3) is 1.00. The number of nitrogens with zero attached hydrogens (tertiary/aromatic N) is 1. The highest BCUT2D eigenvalue weighted by molar-refractivity contribution is 7.83. The molecule has 3 saturated carbocycles. The minimum Gasteiger partial charge on any atom is -0.273 e. The highest BCUT2D eigenvalue weighted by atomic mass is 32.2. The summed E-state index contributed by atoms with van der Waals surface area (Å²) in [6, 6.07) is 0.0266. The monoisotopic (exact) mass is 343 g/mol. The minimum absolute atomic E-state index is 0.0266. The Hall–Kier alpha value is -0.130. The summed E-state index contributed by atoms with van der Waals surface area (Å²) in [5.74, 6) is 0.445. The average molecular weight is 344 g/mol. The zero-order chi connectivity index (χ0) is 16.3. The van der Waals surface area contributed by atoms with Crippen LogP contribution in [0.1, 0.15) is 96.3 Å². The van der Waals surface area contributed by atoms with E-state index in [0.29, 0.717) is 5.92 Å². The van der Waals surface area contributed by atoms with E-state index in [9.17, 15) is 13.0 Å². The SMILES string of the molecule is O=S(=O)(O)N(C1CCCCC1)C1(C2CCCCC2)CCCCC1. The highest BCUT2D eigenvalue weighted by Gasteiger charge is 2.51. The molecule has 0 aliphatic heterocycles. The quantitative estimate of drug-likeness (QED) is 0.752. The van der Waals surface area contributed by atoms with Crippen molar-refractivity contribution in [2.75, 3.05) is 0 Å². The lowest BCUT2D eigenvalue weighted by Gasteiger charge is -2.53. The molecular weight excluding hydrogens is 310 g/mol. The second-order valence-corrected chi connectivity index (χ2v) is 9.35. The fourth-order valence-electron chi connectivity index (χ4n) is 5.71. The Morgan fingerprint density at radius 1 is 0.739 bits per heavy atom. The summed E-state index contributed by atoms with van der Waals surface area (Å²) in [6.07, 6.45) is 16.6. The molecule has 0 aromatic rings. The van der Waals surface area contributed by atoms with Crippen LogP contribution in [0.25, 0.3) is 0 Å². The van der Waals surface area contributed by atoms with Crippen molar-refractivity contribution in [3.63, 3.8) is 0 Å². The van der Waals surface area contributed by atoms with Crippen LogP contribution in [0.5, 0.6) is 0 Å². The lowest BCUT2D eigenvalue weighted by Crippen LogP contribution is -2.61. The molecule has 3 fully saturated rings. The summed E-state index contributed by atoms with van der Waals surface area (Å²) >= 11 is 0. The van der Waals surface area contributed by atoms with Gasteiger partial charge in [0.2, 0.25) is 0 Å². The molecule has 0 saturated heterocycles. The van der Waals surface area contributed by atoms with Crippen LogP contribution < -0.4 is 0 Å². The van der Waals surface area contributed by atoms with Crippen molar-refractivity contribution in [2.45, 2.75) is 108 Å². The molecule has 0 bridgehead atoms. The van der Waals surface area contributed by atoms with Gasteiger partial charge in [-0.05, 0) is 44.4 Å². The zero-order valence-electron chi connectivity index (χ0n) is 14.4. The summed E-state index contributed by atoms with van der Waals surface area (Å²) in [5.41, 5.74) is -0.297. The molecule has 3 aliphatic carbocycles. The van der Waals surface area contributed by atoms with Crippen LogP contribution >= 0.6 is 0 Å². The molecule has 134 valence electrons. The summed E-state index contributed by atoms with van der Waals surface area (Å²) in [6.45, 7) is 0. The second kappa shape index (κ2) is 7.40. The van der Waals surface area contributed by atoms with Crippen LogP contribution in [-0.4, -0.2) is 28.9 Å². The Morgan fingerprint density at radius 3 is 1.74 bits per heavy atom. The third kappa shape index (κ3) is 3.77. The van der Waals surface area contributed by atoms with Gasteiger partial charge in [-0.1, -0.05) is 57.8 Å². The van der Waals surface area contributed by atoms with Crippen molar-refractivity contribution in [1.29, 1.82) is 0 Å². The lowest BCUT2D eigenvalue weighted by atomic mass is 9.66.